The molecule has 0 fully saturated rings. The van der Waals surface area contributed by atoms with Gasteiger partial charge in [0.15, 0.2) is 5.78 Å². The van der Waals surface area contributed by atoms with Crippen molar-refractivity contribution in [1.82, 2.24) is 4.57 Å². The molecule has 0 aromatic carbocycles. The number of rotatable bonds is 3. The third-order valence-corrected chi connectivity index (χ3v) is 3.68. The van der Waals surface area contributed by atoms with Gasteiger partial charge in [0.1, 0.15) is 0 Å². The van der Waals surface area contributed by atoms with E-state index in [1.807, 2.05) is 0 Å². The fourth-order valence-electron chi connectivity index (χ4n) is 2.69. The van der Waals surface area contributed by atoms with E-state index < -0.39 is 5.97 Å². The van der Waals surface area contributed by atoms with Gasteiger partial charge in [-0.1, -0.05) is 0 Å². The summed E-state index contributed by atoms with van der Waals surface area (Å²) in [4.78, 5) is 35.0. The van der Waals surface area contributed by atoms with Gasteiger partial charge in [0.05, 0.1) is 12.8 Å². The molecule has 2 aromatic heterocycles. The Balaban J connectivity index is 2.09. The zero-order valence-corrected chi connectivity index (χ0v) is 11.2. The van der Waals surface area contributed by atoms with E-state index in [-0.39, 0.29) is 23.6 Å². The number of aromatic nitrogens is 1. The highest BCUT2D eigenvalue weighted by molar-refractivity contribution is 5.98. The van der Waals surface area contributed by atoms with Crippen molar-refractivity contribution in [2.75, 3.05) is 0 Å². The second-order valence-electron chi connectivity index (χ2n) is 4.97. The Morgan fingerprint density at radius 1 is 1.24 bits per heavy atom. The van der Waals surface area contributed by atoms with Crippen molar-refractivity contribution in [2.24, 2.45) is 0 Å². The van der Waals surface area contributed by atoms with E-state index in [0.29, 0.717) is 36.1 Å². The largest absolute Gasteiger partial charge is 0.475 e. The number of carbonyl (C=O) groups excluding carboxylic acids is 1. The van der Waals surface area contributed by atoms with Gasteiger partial charge < -0.3 is 14.1 Å². The maximum absolute atomic E-state index is 12.1. The lowest BCUT2D eigenvalue weighted by Gasteiger charge is -2.19. The third-order valence-electron chi connectivity index (χ3n) is 3.68. The van der Waals surface area contributed by atoms with Crippen LogP contribution in [0.25, 0.3) is 0 Å². The maximum atomic E-state index is 12.1. The number of nitrogens with zero attached hydrogens (tertiary/aromatic N) is 1. The molecule has 1 aliphatic rings. The summed E-state index contributed by atoms with van der Waals surface area (Å²) in [6, 6.07) is 4.44. The average molecular weight is 287 g/mol. The Kier molecular flexibility index (Phi) is 3.21. The van der Waals surface area contributed by atoms with Gasteiger partial charge in [-0.15, -0.1) is 0 Å². The zero-order chi connectivity index (χ0) is 15.0. The van der Waals surface area contributed by atoms with Gasteiger partial charge >= 0.3 is 5.97 Å². The van der Waals surface area contributed by atoms with Crippen molar-refractivity contribution in [1.29, 1.82) is 0 Å². The van der Waals surface area contributed by atoms with Crippen LogP contribution in [0.4, 0.5) is 0 Å². The van der Waals surface area contributed by atoms with E-state index in [4.69, 9.17) is 9.52 Å². The highest BCUT2D eigenvalue weighted by Gasteiger charge is 2.22. The minimum atomic E-state index is -1.18. The van der Waals surface area contributed by atoms with Crippen molar-refractivity contribution in [3.05, 3.63) is 57.4 Å². The van der Waals surface area contributed by atoms with Gasteiger partial charge in [-0.3, -0.25) is 9.59 Å². The molecule has 21 heavy (non-hydrogen) atoms. The van der Waals surface area contributed by atoms with Crippen LogP contribution < -0.4 is 5.56 Å². The van der Waals surface area contributed by atoms with E-state index in [9.17, 15) is 14.4 Å². The van der Waals surface area contributed by atoms with Gasteiger partial charge in [-0.05, 0) is 25.0 Å². The minimum Gasteiger partial charge on any atom is -0.475 e. The lowest BCUT2D eigenvalue weighted by atomic mass is 9.94. The van der Waals surface area contributed by atoms with Crippen LogP contribution in [0.2, 0.25) is 0 Å². The van der Waals surface area contributed by atoms with E-state index >= 15 is 0 Å². The third kappa shape index (κ3) is 2.29. The fourth-order valence-corrected chi connectivity index (χ4v) is 2.69. The molecule has 3 rings (SSSR count). The molecule has 0 unspecified atom stereocenters. The summed E-state index contributed by atoms with van der Waals surface area (Å²) in [5.74, 6) is -1.33. The summed E-state index contributed by atoms with van der Waals surface area (Å²) in [7, 11) is 0. The Bertz CT molecular complexity index is 784. The van der Waals surface area contributed by atoms with E-state index in [2.05, 4.69) is 0 Å². The Hall–Kier alpha value is -2.63. The Labute approximate surface area is 119 Å². The van der Waals surface area contributed by atoms with Gasteiger partial charge in [0.2, 0.25) is 5.76 Å². The highest BCUT2D eigenvalue weighted by Crippen LogP contribution is 2.21. The molecule has 0 radical (unpaired) electrons. The second-order valence-corrected chi connectivity index (χ2v) is 4.97. The van der Waals surface area contributed by atoms with Crippen molar-refractivity contribution >= 4 is 11.8 Å². The van der Waals surface area contributed by atoms with Crippen LogP contribution in [0.5, 0.6) is 0 Å². The minimum absolute atomic E-state index is 0.0238. The highest BCUT2D eigenvalue weighted by atomic mass is 16.4. The Morgan fingerprint density at radius 2 is 2.05 bits per heavy atom. The van der Waals surface area contributed by atoms with E-state index in [1.165, 1.54) is 23.0 Å². The molecule has 6 nitrogen and oxygen atoms in total. The van der Waals surface area contributed by atoms with Crippen LogP contribution in [0.3, 0.4) is 0 Å². The summed E-state index contributed by atoms with van der Waals surface area (Å²) in [6.45, 7) is 0.0907. The summed E-state index contributed by atoms with van der Waals surface area (Å²) in [5.41, 5.74) is 1.40. The van der Waals surface area contributed by atoms with Crippen molar-refractivity contribution < 1.29 is 19.1 Å². The van der Waals surface area contributed by atoms with Crippen molar-refractivity contribution in [2.45, 2.75) is 25.8 Å². The topological polar surface area (TPSA) is 89.5 Å². The number of carboxylic acid groups (broad SMARTS) is 1. The summed E-state index contributed by atoms with van der Waals surface area (Å²) in [6.07, 6.45) is 3.10. The summed E-state index contributed by atoms with van der Waals surface area (Å²) in [5, 5.41) is 9.05. The molecule has 0 atom stereocenters. The molecule has 1 N–H and O–H groups in total. The van der Waals surface area contributed by atoms with Gasteiger partial charge in [-0.25, -0.2) is 4.79 Å². The van der Waals surface area contributed by atoms with E-state index in [0.717, 1.165) is 0 Å². The van der Waals surface area contributed by atoms with Gasteiger partial charge in [0.25, 0.3) is 5.56 Å². The number of Topliss-reactive ketones (excluding diaryl/α,β-unsaturated/α-hetero) is 1. The Morgan fingerprint density at radius 3 is 2.81 bits per heavy atom. The molecule has 0 saturated heterocycles. The molecule has 0 spiro atoms. The maximum Gasteiger partial charge on any atom is 0.372 e. The van der Waals surface area contributed by atoms with E-state index in [1.54, 1.807) is 6.07 Å². The monoisotopic (exact) mass is 287 g/mol. The molecular weight excluding hydrogens is 274 g/mol. The number of fused-ring (bicyclic) bond motifs is 1. The number of hydrogen-bond acceptors (Lipinski definition) is 4. The van der Waals surface area contributed by atoms with Crippen LogP contribution >= 0.6 is 0 Å². The van der Waals surface area contributed by atoms with Crippen LogP contribution in [0.15, 0.2) is 33.7 Å². The first-order valence-electron chi connectivity index (χ1n) is 6.63. The lowest BCUT2D eigenvalue weighted by molar-refractivity contribution is 0.0660. The van der Waals surface area contributed by atoms with Crippen LogP contribution in [0, 0.1) is 0 Å². The predicted molar refractivity (Wildman–Crippen MR) is 72.7 cm³/mol. The van der Waals surface area contributed by atoms with Gasteiger partial charge in [-0.2, -0.15) is 0 Å². The lowest BCUT2D eigenvalue weighted by Crippen LogP contribution is -2.28. The molecule has 0 aliphatic heterocycles. The standard InChI is InChI=1S/C15H13NO5/c17-12-3-1-2-11-10(12)4-5-13(18)16(11)8-9-6-7-21-14(9)15(19)20/h4-7H,1-3,8H2,(H,19,20). The first kappa shape index (κ1) is 13.4. The predicted octanol–water partition coefficient (Wildman–Crippen LogP) is 1.71. The number of hydrogen-bond donors (Lipinski definition) is 1. The zero-order valence-electron chi connectivity index (χ0n) is 11.2. The SMILES string of the molecule is O=C1CCCc2c1ccc(=O)n2Cc1ccoc1C(=O)O. The molecule has 2 aromatic rings. The molecule has 6 heteroatoms. The molecule has 0 bridgehead atoms. The van der Waals surface area contributed by atoms with Crippen LogP contribution in [0.1, 0.15) is 45.0 Å². The van der Waals surface area contributed by atoms with Crippen molar-refractivity contribution in [3.63, 3.8) is 0 Å². The number of aromatic carboxylic acids is 1. The number of pyridine rings is 1. The first-order chi connectivity index (χ1) is 10.1. The quantitative estimate of drug-likeness (QED) is 0.928. The number of ketones is 1. The number of carboxylic acids is 1. The summed E-state index contributed by atoms with van der Waals surface area (Å²) >= 11 is 0. The molecule has 0 amide bonds. The molecule has 0 saturated carbocycles. The molecule has 108 valence electrons. The average Bonchev–Trinajstić information content (AvgIpc) is 2.91. The van der Waals surface area contributed by atoms with Crippen LogP contribution in [-0.4, -0.2) is 21.4 Å². The van der Waals surface area contributed by atoms with Crippen LogP contribution in [-0.2, 0) is 13.0 Å². The molecule has 1 aliphatic carbocycles. The second kappa shape index (κ2) is 5.05. The number of furan rings is 1. The normalized spacial score (nSPS) is 14.0. The molecule has 2 heterocycles. The number of carbonyl (C=O) groups is 2. The smallest absolute Gasteiger partial charge is 0.372 e. The van der Waals surface area contributed by atoms with Gasteiger partial charge in [0, 0.05) is 29.3 Å². The van der Waals surface area contributed by atoms with Crippen molar-refractivity contribution in [3.8, 4) is 0 Å². The molecular formula is C15H13NO5. The fraction of sp³-hybridized carbons (Fsp3) is 0.267. The first-order valence-corrected chi connectivity index (χ1v) is 6.63. The summed E-state index contributed by atoms with van der Waals surface area (Å²) < 4.78 is 6.38.